The van der Waals surface area contributed by atoms with Gasteiger partial charge in [-0.3, -0.25) is 4.90 Å². The Kier molecular flexibility index (Phi) is 3.14. The van der Waals surface area contributed by atoms with Gasteiger partial charge in [0.2, 0.25) is 0 Å². The van der Waals surface area contributed by atoms with Gasteiger partial charge >= 0.3 is 0 Å². The summed E-state index contributed by atoms with van der Waals surface area (Å²) in [7, 11) is 0. The van der Waals surface area contributed by atoms with Crippen molar-refractivity contribution in [3.63, 3.8) is 0 Å². The van der Waals surface area contributed by atoms with Gasteiger partial charge in [-0.15, -0.1) is 0 Å². The first-order valence-corrected chi connectivity index (χ1v) is 5.47. The molecule has 0 saturated carbocycles. The Morgan fingerprint density at radius 1 is 1.53 bits per heavy atom. The first-order valence-electron chi connectivity index (χ1n) is 5.09. The molecule has 3 nitrogen and oxygen atoms in total. The third kappa shape index (κ3) is 2.62. The lowest BCUT2D eigenvalue weighted by molar-refractivity contribution is 0.175. The highest BCUT2D eigenvalue weighted by atomic mass is 35.5. The highest BCUT2D eigenvalue weighted by molar-refractivity contribution is 6.31. The molecule has 1 atom stereocenters. The Morgan fingerprint density at radius 3 is 3.00 bits per heavy atom. The minimum absolute atomic E-state index is 0.190. The van der Waals surface area contributed by atoms with Gasteiger partial charge in [0.05, 0.1) is 6.10 Å². The van der Waals surface area contributed by atoms with E-state index in [9.17, 15) is 5.11 Å². The highest BCUT2D eigenvalue weighted by Gasteiger charge is 2.20. The molecule has 1 aliphatic rings. The standard InChI is InChI=1S/C11H15ClN2O/c12-11-2-1-9(13)5-8(11)6-14-4-3-10(15)7-14/h1-2,5,10,15H,3-4,6-7,13H2. The summed E-state index contributed by atoms with van der Waals surface area (Å²) in [5, 5.41) is 10.1. The van der Waals surface area contributed by atoms with Crippen molar-refractivity contribution in [3.8, 4) is 0 Å². The summed E-state index contributed by atoms with van der Waals surface area (Å²) in [5.41, 5.74) is 7.47. The largest absolute Gasteiger partial charge is 0.399 e. The molecule has 3 N–H and O–H groups in total. The summed E-state index contributed by atoms with van der Waals surface area (Å²) < 4.78 is 0. The number of likely N-dealkylation sites (tertiary alicyclic amines) is 1. The molecule has 1 heterocycles. The number of nitrogens with zero attached hydrogens (tertiary/aromatic N) is 1. The van der Waals surface area contributed by atoms with Gasteiger partial charge in [-0.25, -0.2) is 0 Å². The average Bonchev–Trinajstić information content (AvgIpc) is 2.58. The van der Waals surface area contributed by atoms with Crippen LogP contribution in [0.1, 0.15) is 12.0 Å². The minimum Gasteiger partial charge on any atom is -0.399 e. The van der Waals surface area contributed by atoms with Crippen LogP contribution >= 0.6 is 11.6 Å². The number of hydrogen-bond acceptors (Lipinski definition) is 3. The maximum Gasteiger partial charge on any atom is 0.0679 e. The quantitative estimate of drug-likeness (QED) is 0.752. The van der Waals surface area contributed by atoms with Crippen LogP contribution in [0.2, 0.25) is 5.02 Å². The van der Waals surface area contributed by atoms with Crippen LogP contribution < -0.4 is 5.73 Å². The SMILES string of the molecule is Nc1ccc(Cl)c(CN2CCC(O)C2)c1. The third-order valence-electron chi connectivity index (χ3n) is 2.71. The molecule has 0 spiro atoms. The summed E-state index contributed by atoms with van der Waals surface area (Å²) in [5.74, 6) is 0. The van der Waals surface area contributed by atoms with E-state index >= 15 is 0 Å². The van der Waals surface area contributed by atoms with E-state index in [0.717, 1.165) is 42.3 Å². The van der Waals surface area contributed by atoms with Crippen LogP contribution in [0.4, 0.5) is 5.69 Å². The molecule has 82 valence electrons. The fraction of sp³-hybridized carbons (Fsp3) is 0.455. The number of aliphatic hydroxyl groups is 1. The predicted molar refractivity (Wildman–Crippen MR) is 61.8 cm³/mol. The van der Waals surface area contributed by atoms with E-state index in [4.69, 9.17) is 17.3 Å². The number of rotatable bonds is 2. The van der Waals surface area contributed by atoms with Crippen molar-refractivity contribution in [2.24, 2.45) is 0 Å². The van der Waals surface area contributed by atoms with E-state index in [2.05, 4.69) is 4.90 Å². The Bertz CT molecular complexity index is 356. The molecule has 0 radical (unpaired) electrons. The fourth-order valence-corrected chi connectivity index (χ4v) is 2.09. The molecule has 1 aromatic carbocycles. The van der Waals surface area contributed by atoms with Crippen LogP contribution in [0, 0.1) is 0 Å². The van der Waals surface area contributed by atoms with E-state index in [0.29, 0.717) is 0 Å². The molecule has 2 rings (SSSR count). The summed E-state index contributed by atoms with van der Waals surface area (Å²) >= 11 is 6.07. The maximum absolute atomic E-state index is 9.40. The lowest BCUT2D eigenvalue weighted by Crippen LogP contribution is -2.21. The summed E-state index contributed by atoms with van der Waals surface area (Å²) in [6.45, 7) is 2.42. The van der Waals surface area contributed by atoms with Crippen molar-refractivity contribution in [3.05, 3.63) is 28.8 Å². The van der Waals surface area contributed by atoms with Crippen molar-refractivity contribution < 1.29 is 5.11 Å². The maximum atomic E-state index is 9.40. The number of benzene rings is 1. The average molecular weight is 227 g/mol. The number of anilines is 1. The number of hydrogen-bond donors (Lipinski definition) is 2. The molecule has 0 aromatic heterocycles. The topological polar surface area (TPSA) is 49.5 Å². The number of nitrogens with two attached hydrogens (primary N) is 1. The van der Waals surface area contributed by atoms with E-state index in [1.807, 2.05) is 12.1 Å². The molecular weight excluding hydrogens is 212 g/mol. The number of aliphatic hydroxyl groups excluding tert-OH is 1. The van der Waals surface area contributed by atoms with Crippen LogP contribution in [0.15, 0.2) is 18.2 Å². The molecule has 0 bridgehead atoms. The first-order chi connectivity index (χ1) is 7.15. The van der Waals surface area contributed by atoms with Gasteiger partial charge in [0.15, 0.2) is 0 Å². The van der Waals surface area contributed by atoms with Crippen LogP contribution in [0.25, 0.3) is 0 Å². The van der Waals surface area contributed by atoms with Gasteiger partial charge < -0.3 is 10.8 Å². The third-order valence-corrected chi connectivity index (χ3v) is 3.08. The Balaban J connectivity index is 2.07. The smallest absolute Gasteiger partial charge is 0.0679 e. The molecule has 4 heteroatoms. The molecule has 1 unspecified atom stereocenters. The Morgan fingerprint density at radius 2 is 2.33 bits per heavy atom. The molecule has 1 aromatic rings. The summed E-state index contributed by atoms with van der Waals surface area (Å²) in [4.78, 5) is 2.19. The van der Waals surface area contributed by atoms with Crippen molar-refractivity contribution >= 4 is 17.3 Å². The van der Waals surface area contributed by atoms with Gasteiger partial charge in [-0.1, -0.05) is 11.6 Å². The second-order valence-electron chi connectivity index (χ2n) is 4.03. The van der Waals surface area contributed by atoms with Gasteiger partial charge in [-0.2, -0.15) is 0 Å². The second-order valence-corrected chi connectivity index (χ2v) is 4.44. The molecule has 1 aliphatic heterocycles. The molecule has 0 aliphatic carbocycles. The molecule has 1 fully saturated rings. The van der Waals surface area contributed by atoms with Gasteiger partial charge in [0, 0.05) is 30.3 Å². The summed E-state index contributed by atoms with van der Waals surface area (Å²) in [6, 6.07) is 5.51. The van der Waals surface area contributed by atoms with Crippen molar-refractivity contribution in [2.45, 2.75) is 19.1 Å². The summed E-state index contributed by atoms with van der Waals surface area (Å²) in [6.07, 6.45) is 0.657. The van der Waals surface area contributed by atoms with Crippen LogP contribution in [-0.4, -0.2) is 29.2 Å². The monoisotopic (exact) mass is 226 g/mol. The van der Waals surface area contributed by atoms with Gasteiger partial charge in [-0.05, 0) is 30.2 Å². The van der Waals surface area contributed by atoms with Crippen LogP contribution in [-0.2, 0) is 6.54 Å². The van der Waals surface area contributed by atoms with Crippen LogP contribution in [0.3, 0.4) is 0 Å². The molecule has 0 amide bonds. The van der Waals surface area contributed by atoms with Gasteiger partial charge in [0.25, 0.3) is 0 Å². The minimum atomic E-state index is -0.190. The van der Waals surface area contributed by atoms with Crippen molar-refractivity contribution in [1.82, 2.24) is 4.90 Å². The lowest BCUT2D eigenvalue weighted by Gasteiger charge is -2.16. The fourth-order valence-electron chi connectivity index (χ4n) is 1.91. The second kappa shape index (κ2) is 4.39. The molecular formula is C11H15ClN2O. The van der Waals surface area contributed by atoms with E-state index in [1.165, 1.54) is 0 Å². The lowest BCUT2D eigenvalue weighted by atomic mass is 10.2. The van der Waals surface area contributed by atoms with Gasteiger partial charge in [0.1, 0.15) is 0 Å². The Hall–Kier alpha value is -0.770. The van der Waals surface area contributed by atoms with E-state index < -0.39 is 0 Å². The number of β-amino-alcohol motifs (C(OH)–C–C–N with tert-alkyl or cyclic N) is 1. The number of nitrogen functional groups attached to an aromatic ring is 1. The zero-order valence-corrected chi connectivity index (χ0v) is 9.24. The molecule has 15 heavy (non-hydrogen) atoms. The number of halogens is 1. The zero-order valence-electron chi connectivity index (χ0n) is 8.49. The zero-order chi connectivity index (χ0) is 10.8. The normalized spacial score (nSPS) is 22.1. The first kappa shape index (κ1) is 10.7. The van der Waals surface area contributed by atoms with E-state index in [-0.39, 0.29) is 6.10 Å². The predicted octanol–water partition coefficient (Wildman–Crippen LogP) is 1.49. The van der Waals surface area contributed by atoms with Crippen molar-refractivity contribution in [1.29, 1.82) is 0 Å². The van der Waals surface area contributed by atoms with Crippen LogP contribution in [0.5, 0.6) is 0 Å². The van der Waals surface area contributed by atoms with E-state index in [1.54, 1.807) is 6.07 Å². The molecule has 1 saturated heterocycles. The highest BCUT2D eigenvalue weighted by Crippen LogP contribution is 2.22. The Labute approximate surface area is 94.4 Å². The van der Waals surface area contributed by atoms with Crippen molar-refractivity contribution in [2.75, 3.05) is 18.8 Å².